The fourth-order valence-electron chi connectivity index (χ4n) is 4.38. The summed E-state index contributed by atoms with van der Waals surface area (Å²) in [6.07, 6.45) is 0.116. The number of anilines is 1. The average Bonchev–Trinajstić information content (AvgIpc) is 3.44. The fourth-order valence-corrected chi connectivity index (χ4v) is 6.29. The van der Waals surface area contributed by atoms with Crippen molar-refractivity contribution < 1.29 is 27.5 Å². The Morgan fingerprint density at radius 3 is 2.48 bits per heavy atom. The van der Waals surface area contributed by atoms with Crippen molar-refractivity contribution >= 4 is 39.1 Å². The van der Waals surface area contributed by atoms with Gasteiger partial charge in [0.2, 0.25) is 28.6 Å². The van der Waals surface area contributed by atoms with Gasteiger partial charge in [0.1, 0.15) is 4.90 Å². The molecule has 5 rings (SSSR count). The van der Waals surface area contributed by atoms with Crippen LogP contribution in [0, 0.1) is 5.92 Å². The molecule has 2 aromatic carbocycles. The Balaban J connectivity index is 1.23. The van der Waals surface area contributed by atoms with E-state index in [4.69, 9.17) is 21.1 Å². The summed E-state index contributed by atoms with van der Waals surface area (Å²) in [6, 6.07) is 11.6. The molecular weight excluding hydrogens is 470 g/mol. The second-order valence-corrected chi connectivity index (χ2v) is 10.4. The Morgan fingerprint density at radius 1 is 1.00 bits per heavy atom. The van der Waals surface area contributed by atoms with Gasteiger partial charge in [0.05, 0.1) is 10.9 Å². The Kier molecular flexibility index (Phi) is 5.67. The van der Waals surface area contributed by atoms with Gasteiger partial charge in [-0.15, -0.1) is 0 Å². The second-order valence-electron chi connectivity index (χ2n) is 8.10. The summed E-state index contributed by atoms with van der Waals surface area (Å²) in [5.41, 5.74) is 0.662. The van der Waals surface area contributed by atoms with Crippen LogP contribution in [0.4, 0.5) is 5.69 Å². The molecule has 3 aliphatic rings. The number of nitrogens with zero attached hydrogens (tertiary/aromatic N) is 3. The smallest absolute Gasteiger partial charge is 0.244 e. The van der Waals surface area contributed by atoms with E-state index in [9.17, 15) is 18.0 Å². The van der Waals surface area contributed by atoms with Crippen molar-refractivity contribution in [2.24, 2.45) is 5.92 Å². The monoisotopic (exact) mass is 491 g/mol. The van der Waals surface area contributed by atoms with E-state index in [1.54, 1.807) is 40.1 Å². The van der Waals surface area contributed by atoms with E-state index in [1.165, 1.54) is 16.4 Å². The van der Waals surface area contributed by atoms with Crippen molar-refractivity contribution in [1.29, 1.82) is 0 Å². The molecule has 1 atom stereocenters. The number of piperazine rings is 1. The molecule has 0 aliphatic carbocycles. The third-order valence-electron chi connectivity index (χ3n) is 6.15. The molecule has 174 valence electrons. The topological polar surface area (TPSA) is 96.5 Å². The standard InChI is InChI=1S/C22H22ClN3O6S/c23-17-3-1-2-4-20(17)33(29,30)25-9-7-24(8-10-25)22(28)15-11-21(27)26(13-15)16-5-6-18-19(12-16)32-14-31-18/h1-6,12,15H,7-11,13-14H2. The van der Waals surface area contributed by atoms with Gasteiger partial charge in [0.15, 0.2) is 11.5 Å². The normalized spacial score (nSPS) is 21.0. The predicted octanol–water partition coefficient (Wildman–Crippen LogP) is 1.95. The van der Waals surface area contributed by atoms with E-state index in [2.05, 4.69) is 0 Å². The molecule has 0 saturated carbocycles. The molecule has 3 heterocycles. The lowest BCUT2D eigenvalue weighted by Crippen LogP contribution is -2.52. The number of amides is 2. The molecule has 0 N–H and O–H groups in total. The number of hydrogen-bond acceptors (Lipinski definition) is 6. The Bertz CT molecular complexity index is 1210. The quantitative estimate of drug-likeness (QED) is 0.648. The molecule has 33 heavy (non-hydrogen) atoms. The number of carbonyl (C=O) groups excluding carboxylic acids is 2. The number of sulfonamides is 1. The first kappa shape index (κ1) is 22.0. The minimum absolute atomic E-state index is 0.0622. The van der Waals surface area contributed by atoms with Crippen LogP contribution >= 0.6 is 11.6 Å². The molecule has 2 fully saturated rings. The van der Waals surface area contributed by atoms with Gasteiger partial charge >= 0.3 is 0 Å². The van der Waals surface area contributed by atoms with Crippen molar-refractivity contribution in [3.05, 3.63) is 47.5 Å². The number of benzene rings is 2. The largest absolute Gasteiger partial charge is 0.454 e. The molecule has 2 saturated heterocycles. The number of fused-ring (bicyclic) bond motifs is 1. The van der Waals surface area contributed by atoms with E-state index >= 15 is 0 Å². The highest BCUT2D eigenvalue weighted by Gasteiger charge is 2.39. The Labute approximate surface area is 196 Å². The molecule has 0 bridgehead atoms. The first-order valence-corrected chi connectivity index (χ1v) is 12.4. The van der Waals surface area contributed by atoms with Crippen LogP contribution in [-0.4, -0.2) is 69.0 Å². The number of carbonyl (C=O) groups is 2. The molecule has 2 aromatic rings. The van der Waals surface area contributed by atoms with Crippen molar-refractivity contribution in [2.75, 3.05) is 44.4 Å². The van der Waals surface area contributed by atoms with Crippen LogP contribution in [0.15, 0.2) is 47.4 Å². The predicted molar refractivity (Wildman–Crippen MR) is 120 cm³/mol. The SMILES string of the molecule is O=C(C1CC(=O)N(c2ccc3c(c2)OCO3)C1)N1CCN(S(=O)(=O)c2ccccc2Cl)CC1. The highest BCUT2D eigenvalue weighted by molar-refractivity contribution is 7.89. The second kappa shape index (κ2) is 8.51. The van der Waals surface area contributed by atoms with Crippen LogP contribution in [0.1, 0.15) is 6.42 Å². The number of hydrogen-bond donors (Lipinski definition) is 0. The third kappa shape index (κ3) is 4.03. The maximum atomic E-state index is 13.1. The van der Waals surface area contributed by atoms with E-state index < -0.39 is 15.9 Å². The summed E-state index contributed by atoms with van der Waals surface area (Å²) in [5, 5.41) is 0.170. The molecule has 11 heteroatoms. The first-order valence-electron chi connectivity index (χ1n) is 10.6. The van der Waals surface area contributed by atoms with Crippen molar-refractivity contribution in [3.8, 4) is 11.5 Å². The maximum Gasteiger partial charge on any atom is 0.244 e. The maximum absolute atomic E-state index is 13.1. The number of rotatable bonds is 4. The van der Waals surface area contributed by atoms with Crippen molar-refractivity contribution in [1.82, 2.24) is 9.21 Å². The lowest BCUT2D eigenvalue weighted by molar-refractivity contribution is -0.136. The summed E-state index contributed by atoms with van der Waals surface area (Å²) < 4.78 is 37.9. The van der Waals surface area contributed by atoms with Crippen LogP contribution in [0.25, 0.3) is 0 Å². The van der Waals surface area contributed by atoms with Crippen LogP contribution in [-0.2, 0) is 19.6 Å². The zero-order valence-electron chi connectivity index (χ0n) is 17.6. The van der Waals surface area contributed by atoms with Gasteiger partial charge in [-0.3, -0.25) is 9.59 Å². The minimum Gasteiger partial charge on any atom is -0.454 e. The average molecular weight is 492 g/mol. The molecular formula is C22H22ClN3O6S. The van der Waals surface area contributed by atoms with Crippen LogP contribution in [0.2, 0.25) is 5.02 Å². The summed E-state index contributed by atoms with van der Waals surface area (Å²) >= 11 is 6.08. The first-order chi connectivity index (χ1) is 15.8. The van der Waals surface area contributed by atoms with Crippen molar-refractivity contribution in [3.63, 3.8) is 0 Å². The van der Waals surface area contributed by atoms with Gasteiger partial charge in [-0.25, -0.2) is 8.42 Å². The number of halogens is 1. The zero-order valence-corrected chi connectivity index (χ0v) is 19.2. The summed E-state index contributed by atoms with van der Waals surface area (Å²) in [7, 11) is -3.74. The minimum atomic E-state index is -3.74. The zero-order chi connectivity index (χ0) is 23.2. The van der Waals surface area contributed by atoms with Gasteiger partial charge in [0, 0.05) is 50.9 Å². The van der Waals surface area contributed by atoms with Gasteiger partial charge < -0.3 is 19.3 Å². The van der Waals surface area contributed by atoms with Gasteiger partial charge in [-0.05, 0) is 24.3 Å². The fraction of sp³-hybridized carbons (Fsp3) is 0.364. The molecule has 3 aliphatic heterocycles. The van der Waals surface area contributed by atoms with Crippen LogP contribution in [0.5, 0.6) is 11.5 Å². The Morgan fingerprint density at radius 2 is 1.73 bits per heavy atom. The lowest BCUT2D eigenvalue weighted by atomic mass is 10.1. The molecule has 9 nitrogen and oxygen atoms in total. The Hall–Kier alpha value is -2.82. The van der Waals surface area contributed by atoms with E-state index in [0.717, 1.165) is 0 Å². The molecule has 0 aromatic heterocycles. The van der Waals surface area contributed by atoms with Gasteiger partial charge in [0.25, 0.3) is 0 Å². The molecule has 0 spiro atoms. The highest BCUT2D eigenvalue weighted by Crippen LogP contribution is 2.37. The third-order valence-corrected chi connectivity index (χ3v) is 8.55. The van der Waals surface area contributed by atoms with Gasteiger partial charge in [-0.2, -0.15) is 4.31 Å². The van der Waals surface area contributed by atoms with Crippen LogP contribution < -0.4 is 14.4 Å². The summed E-state index contributed by atoms with van der Waals surface area (Å²) in [4.78, 5) is 29.0. The van der Waals surface area contributed by atoms with E-state index in [1.807, 2.05) is 0 Å². The lowest BCUT2D eigenvalue weighted by Gasteiger charge is -2.35. The van der Waals surface area contributed by atoms with Crippen LogP contribution in [0.3, 0.4) is 0 Å². The van der Waals surface area contributed by atoms with E-state index in [0.29, 0.717) is 17.2 Å². The molecule has 2 amide bonds. The summed E-state index contributed by atoms with van der Waals surface area (Å²) in [6.45, 7) is 1.29. The molecule has 1 unspecified atom stereocenters. The van der Waals surface area contributed by atoms with Crippen molar-refractivity contribution in [2.45, 2.75) is 11.3 Å². The van der Waals surface area contributed by atoms with Gasteiger partial charge in [-0.1, -0.05) is 23.7 Å². The van der Waals surface area contributed by atoms with E-state index in [-0.39, 0.29) is 67.7 Å². The number of ether oxygens (including phenoxy) is 2. The molecule has 0 radical (unpaired) electrons. The highest BCUT2D eigenvalue weighted by atomic mass is 35.5. The summed E-state index contributed by atoms with van der Waals surface area (Å²) in [5.74, 6) is 0.455.